The zero-order valence-corrected chi connectivity index (χ0v) is 19.4. The molecule has 0 fully saturated rings. The third-order valence-electron chi connectivity index (χ3n) is 6.07. The molecule has 4 rings (SSSR count). The largest absolute Gasteiger partial charge is 0.356 e. The molecule has 3 aromatic carbocycles. The van der Waals surface area contributed by atoms with Crippen molar-refractivity contribution >= 4 is 23.1 Å². The van der Waals surface area contributed by atoms with Crippen molar-refractivity contribution in [1.29, 1.82) is 0 Å². The molecule has 0 saturated heterocycles. The zero-order chi connectivity index (χ0) is 25.1. The van der Waals surface area contributed by atoms with E-state index in [1.807, 2.05) is 59.5 Å². The van der Waals surface area contributed by atoms with Crippen LogP contribution in [0.4, 0.5) is 14.5 Å². The Balaban J connectivity index is 1.60. The standard InChI is InChI=1S/C27H26F2N4O2/c1-16(31-23(34)15-17-12-13-20(28)21(29)14-17)26(35)25-27(30)33(2)22-11-7-6-10-19(22)24(32-25)18-8-4-3-5-9-18/h3-14,16,25,27H,15,30H2,1-2H3,(H,31,34)/t16?,25?,27-/m0/s1. The molecule has 180 valence electrons. The maximum absolute atomic E-state index is 13.5. The highest BCUT2D eigenvalue weighted by Gasteiger charge is 2.36. The highest BCUT2D eigenvalue weighted by molar-refractivity contribution is 6.17. The fourth-order valence-electron chi connectivity index (χ4n) is 4.15. The van der Waals surface area contributed by atoms with Crippen LogP contribution in [0.15, 0.2) is 77.8 Å². The number of fused-ring (bicyclic) bond motifs is 1. The van der Waals surface area contributed by atoms with Crippen molar-refractivity contribution in [3.05, 3.63) is 101 Å². The summed E-state index contributed by atoms with van der Waals surface area (Å²) in [5.41, 5.74) is 9.98. The third kappa shape index (κ3) is 5.12. The van der Waals surface area contributed by atoms with E-state index in [1.54, 1.807) is 14.0 Å². The van der Waals surface area contributed by atoms with Crippen molar-refractivity contribution in [3.63, 3.8) is 0 Å². The Morgan fingerprint density at radius 2 is 1.71 bits per heavy atom. The lowest BCUT2D eigenvalue weighted by molar-refractivity contribution is -0.127. The second kappa shape index (κ2) is 10.1. The number of halogens is 2. The first kappa shape index (κ1) is 24.2. The fraction of sp³-hybridized carbons (Fsp3) is 0.222. The van der Waals surface area contributed by atoms with Crippen LogP contribution in [0.3, 0.4) is 0 Å². The van der Waals surface area contributed by atoms with Crippen LogP contribution in [-0.2, 0) is 16.0 Å². The van der Waals surface area contributed by atoms with Gasteiger partial charge in [0.05, 0.1) is 18.2 Å². The van der Waals surface area contributed by atoms with Gasteiger partial charge in [0.2, 0.25) is 5.91 Å². The Morgan fingerprint density at radius 3 is 2.43 bits per heavy atom. The van der Waals surface area contributed by atoms with E-state index in [0.29, 0.717) is 11.3 Å². The summed E-state index contributed by atoms with van der Waals surface area (Å²) >= 11 is 0. The molecule has 0 aromatic heterocycles. The van der Waals surface area contributed by atoms with Crippen LogP contribution in [0.2, 0.25) is 0 Å². The van der Waals surface area contributed by atoms with Gasteiger partial charge in [-0.05, 0) is 30.7 Å². The zero-order valence-electron chi connectivity index (χ0n) is 19.4. The lowest BCUT2D eigenvalue weighted by Gasteiger charge is -2.30. The third-order valence-corrected chi connectivity index (χ3v) is 6.07. The molecule has 1 heterocycles. The summed E-state index contributed by atoms with van der Waals surface area (Å²) in [5, 5.41) is 2.64. The smallest absolute Gasteiger partial charge is 0.224 e. The first-order valence-corrected chi connectivity index (χ1v) is 11.2. The van der Waals surface area contributed by atoms with Gasteiger partial charge in [0, 0.05) is 23.9 Å². The minimum absolute atomic E-state index is 0.199. The number of para-hydroxylation sites is 1. The summed E-state index contributed by atoms with van der Waals surface area (Å²) in [6.45, 7) is 1.56. The molecule has 3 N–H and O–H groups in total. The maximum atomic E-state index is 13.5. The number of nitrogens with zero attached hydrogens (tertiary/aromatic N) is 2. The van der Waals surface area contributed by atoms with E-state index in [0.717, 1.165) is 28.9 Å². The van der Waals surface area contributed by atoms with E-state index < -0.39 is 35.8 Å². The van der Waals surface area contributed by atoms with Gasteiger partial charge in [-0.15, -0.1) is 0 Å². The molecule has 1 aliphatic rings. The molecular weight excluding hydrogens is 450 g/mol. The van der Waals surface area contributed by atoms with Crippen LogP contribution >= 0.6 is 0 Å². The number of nitrogens with two attached hydrogens (primary N) is 1. The summed E-state index contributed by atoms with van der Waals surface area (Å²) in [7, 11) is 1.81. The number of anilines is 1. The SMILES string of the molecule is CC(NC(=O)Cc1ccc(F)c(F)c1)C(=O)C1N=C(c2ccccc2)c2ccccc2N(C)[C@@H]1N. The molecule has 0 bridgehead atoms. The van der Waals surface area contributed by atoms with Crippen LogP contribution < -0.4 is 16.0 Å². The Labute approximate surface area is 202 Å². The van der Waals surface area contributed by atoms with E-state index in [1.165, 1.54) is 6.07 Å². The number of hydrogen-bond donors (Lipinski definition) is 2. The number of nitrogens with one attached hydrogen (secondary N) is 1. The molecule has 1 aliphatic heterocycles. The highest BCUT2D eigenvalue weighted by Crippen LogP contribution is 2.29. The van der Waals surface area contributed by atoms with Gasteiger partial charge in [-0.1, -0.05) is 54.6 Å². The average molecular weight is 477 g/mol. The summed E-state index contributed by atoms with van der Waals surface area (Å²) in [4.78, 5) is 32.6. The van der Waals surface area contributed by atoms with Crippen molar-refractivity contribution in [2.24, 2.45) is 10.7 Å². The fourth-order valence-corrected chi connectivity index (χ4v) is 4.15. The van der Waals surface area contributed by atoms with E-state index in [4.69, 9.17) is 10.7 Å². The highest BCUT2D eigenvalue weighted by atomic mass is 19.2. The molecule has 2 unspecified atom stereocenters. The van der Waals surface area contributed by atoms with Gasteiger partial charge in [0.15, 0.2) is 17.4 Å². The van der Waals surface area contributed by atoms with E-state index in [2.05, 4.69) is 5.32 Å². The second-order valence-electron chi connectivity index (χ2n) is 8.52. The predicted octanol–water partition coefficient (Wildman–Crippen LogP) is 3.22. The molecule has 0 spiro atoms. The molecule has 0 saturated carbocycles. The molecule has 8 heteroatoms. The number of hydrogen-bond acceptors (Lipinski definition) is 5. The second-order valence-corrected chi connectivity index (χ2v) is 8.52. The molecule has 0 radical (unpaired) electrons. The summed E-state index contributed by atoms with van der Waals surface area (Å²) in [6.07, 6.45) is -0.967. The van der Waals surface area contributed by atoms with Gasteiger partial charge < -0.3 is 16.0 Å². The van der Waals surface area contributed by atoms with E-state index >= 15 is 0 Å². The Hall–Kier alpha value is -3.91. The lowest BCUT2D eigenvalue weighted by Crippen LogP contribution is -2.55. The molecule has 1 amide bonds. The van der Waals surface area contributed by atoms with Crippen LogP contribution in [-0.4, -0.2) is 42.7 Å². The number of carbonyl (C=O) groups excluding carboxylic acids is 2. The summed E-state index contributed by atoms with van der Waals surface area (Å²) < 4.78 is 26.6. The molecule has 35 heavy (non-hydrogen) atoms. The van der Waals surface area contributed by atoms with Gasteiger partial charge in [-0.3, -0.25) is 14.6 Å². The van der Waals surface area contributed by atoms with Crippen molar-refractivity contribution < 1.29 is 18.4 Å². The Morgan fingerprint density at radius 1 is 1.03 bits per heavy atom. The first-order chi connectivity index (χ1) is 16.8. The molecule has 3 aromatic rings. The lowest BCUT2D eigenvalue weighted by atomic mass is 10.00. The average Bonchev–Trinajstić information content (AvgIpc) is 2.96. The number of rotatable bonds is 6. The van der Waals surface area contributed by atoms with E-state index in [-0.39, 0.29) is 12.2 Å². The first-order valence-electron chi connectivity index (χ1n) is 11.2. The summed E-state index contributed by atoms with van der Waals surface area (Å²) in [5.74, 6) is -2.88. The van der Waals surface area contributed by atoms with Gasteiger partial charge >= 0.3 is 0 Å². The number of benzodiazepines with no additional fused rings is 1. The quantitative estimate of drug-likeness (QED) is 0.572. The van der Waals surface area contributed by atoms with Crippen molar-refractivity contribution in [3.8, 4) is 0 Å². The monoisotopic (exact) mass is 476 g/mol. The molecule has 3 atom stereocenters. The van der Waals surface area contributed by atoms with E-state index in [9.17, 15) is 18.4 Å². The topological polar surface area (TPSA) is 87.8 Å². The van der Waals surface area contributed by atoms with Crippen LogP contribution in [0.1, 0.15) is 23.6 Å². The molecular formula is C27H26F2N4O2. The molecule has 0 aliphatic carbocycles. The predicted molar refractivity (Wildman–Crippen MR) is 131 cm³/mol. The van der Waals surface area contributed by atoms with Crippen molar-refractivity contribution in [2.45, 2.75) is 31.6 Å². The minimum Gasteiger partial charge on any atom is -0.356 e. The number of amides is 1. The van der Waals surface area contributed by atoms with Crippen LogP contribution in [0.25, 0.3) is 0 Å². The van der Waals surface area contributed by atoms with Gasteiger partial charge in [0.25, 0.3) is 0 Å². The Bertz CT molecular complexity index is 1280. The number of carbonyl (C=O) groups is 2. The van der Waals surface area contributed by atoms with Crippen LogP contribution in [0, 0.1) is 11.6 Å². The number of ketones is 1. The number of aliphatic imine (C=N–C) groups is 1. The normalized spacial score (nSPS) is 18.2. The maximum Gasteiger partial charge on any atom is 0.224 e. The van der Waals surface area contributed by atoms with Gasteiger partial charge in [0.1, 0.15) is 12.2 Å². The summed E-state index contributed by atoms with van der Waals surface area (Å²) in [6, 6.07) is 18.6. The number of Topliss-reactive ketones (excluding diaryl/α,β-unsaturated/α-hetero) is 1. The minimum atomic E-state index is -1.03. The van der Waals surface area contributed by atoms with Gasteiger partial charge in [-0.2, -0.15) is 0 Å². The molecule has 6 nitrogen and oxygen atoms in total. The van der Waals surface area contributed by atoms with Crippen molar-refractivity contribution in [1.82, 2.24) is 5.32 Å². The van der Waals surface area contributed by atoms with Crippen molar-refractivity contribution in [2.75, 3.05) is 11.9 Å². The van der Waals surface area contributed by atoms with Gasteiger partial charge in [-0.25, -0.2) is 8.78 Å². The Kier molecular flexibility index (Phi) is 7.02. The number of benzene rings is 3. The van der Waals surface area contributed by atoms with Crippen LogP contribution in [0.5, 0.6) is 0 Å². The number of likely N-dealkylation sites (N-methyl/N-ethyl adjacent to an activating group) is 1.